The van der Waals surface area contributed by atoms with Crippen LogP contribution in [0, 0.1) is 5.82 Å². The monoisotopic (exact) mass is 218 g/mol. The highest BCUT2D eigenvalue weighted by Gasteiger charge is 1.99. The highest BCUT2D eigenvalue weighted by atomic mass is 79.9. The first kappa shape index (κ1) is 8.49. The Kier molecular flexibility index (Phi) is 2.84. The molecule has 11 heavy (non-hydrogen) atoms. The van der Waals surface area contributed by atoms with Crippen LogP contribution in [0.15, 0.2) is 18.2 Å². The van der Waals surface area contributed by atoms with Crippen LogP contribution in [0.2, 0.25) is 0 Å². The summed E-state index contributed by atoms with van der Waals surface area (Å²) in [5.74, 6) is 4.87. The van der Waals surface area contributed by atoms with Crippen LogP contribution < -0.4 is 11.3 Å². The van der Waals surface area contributed by atoms with E-state index in [-0.39, 0.29) is 5.82 Å². The van der Waals surface area contributed by atoms with Crippen LogP contribution in [0.3, 0.4) is 0 Å². The molecule has 0 atom stereocenters. The molecule has 1 aromatic rings. The maximum absolute atomic E-state index is 12.6. The number of hydrogen-bond donors (Lipinski definition) is 2. The number of nitrogens with one attached hydrogen (secondary N) is 1. The number of alkyl halides is 1. The van der Waals surface area contributed by atoms with E-state index in [1.165, 1.54) is 12.1 Å². The number of halogens is 2. The van der Waals surface area contributed by atoms with Gasteiger partial charge in [0.25, 0.3) is 0 Å². The van der Waals surface area contributed by atoms with Crippen molar-refractivity contribution in [2.45, 2.75) is 5.33 Å². The number of anilines is 1. The predicted octanol–water partition coefficient (Wildman–Crippen LogP) is 2.01. The molecule has 0 aliphatic carbocycles. The first-order valence-corrected chi connectivity index (χ1v) is 4.21. The summed E-state index contributed by atoms with van der Waals surface area (Å²) < 4.78 is 12.6. The predicted molar refractivity (Wildman–Crippen MR) is 46.8 cm³/mol. The molecule has 0 aliphatic rings. The molecule has 0 bridgehead atoms. The second-order valence-corrected chi connectivity index (χ2v) is 2.64. The van der Waals surface area contributed by atoms with Gasteiger partial charge in [-0.15, -0.1) is 0 Å². The average molecular weight is 219 g/mol. The molecule has 0 spiro atoms. The summed E-state index contributed by atoms with van der Waals surface area (Å²) in [6.45, 7) is 0. The van der Waals surface area contributed by atoms with Crippen molar-refractivity contribution in [1.29, 1.82) is 0 Å². The van der Waals surface area contributed by atoms with Gasteiger partial charge in [-0.1, -0.05) is 22.0 Å². The van der Waals surface area contributed by atoms with E-state index in [0.29, 0.717) is 11.0 Å². The molecule has 3 N–H and O–H groups in total. The molecule has 0 fully saturated rings. The van der Waals surface area contributed by atoms with Gasteiger partial charge in [-0.2, -0.15) is 0 Å². The summed E-state index contributed by atoms with van der Waals surface area (Å²) >= 11 is 3.26. The zero-order valence-corrected chi connectivity index (χ0v) is 7.36. The first-order chi connectivity index (χ1) is 5.27. The normalized spacial score (nSPS) is 9.73. The highest BCUT2D eigenvalue weighted by Crippen LogP contribution is 2.18. The topological polar surface area (TPSA) is 38.0 Å². The Balaban J connectivity index is 3.06. The van der Waals surface area contributed by atoms with Crippen molar-refractivity contribution in [3.63, 3.8) is 0 Å². The molecule has 0 heterocycles. The summed E-state index contributed by atoms with van der Waals surface area (Å²) in [7, 11) is 0. The molecule has 0 saturated carbocycles. The summed E-state index contributed by atoms with van der Waals surface area (Å²) in [6.07, 6.45) is 0. The second-order valence-electron chi connectivity index (χ2n) is 2.08. The molecular weight excluding hydrogens is 211 g/mol. The van der Waals surface area contributed by atoms with Gasteiger partial charge in [-0.3, -0.25) is 5.84 Å². The third kappa shape index (κ3) is 1.91. The van der Waals surface area contributed by atoms with Crippen LogP contribution in [0.1, 0.15) is 5.56 Å². The summed E-state index contributed by atoms with van der Waals surface area (Å²) in [4.78, 5) is 0. The Labute approximate surface area is 72.7 Å². The highest BCUT2D eigenvalue weighted by molar-refractivity contribution is 9.08. The fourth-order valence-electron chi connectivity index (χ4n) is 0.800. The van der Waals surface area contributed by atoms with E-state index in [2.05, 4.69) is 21.4 Å². The summed E-state index contributed by atoms with van der Waals surface area (Å²) in [5, 5.41) is 0.660. The minimum absolute atomic E-state index is 0.289. The smallest absolute Gasteiger partial charge is 0.125 e. The van der Waals surface area contributed by atoms with Gasteiger partial charge >= 0.3 is 0 Å². The Hall–Kier alpha value is -0.610. The Morgan fingerprint density at radius 3 is 2.82 bits per heavy atom. The van der Waals surface area contributed by atoms with Gasteiger partial charge in [0.15, 0.2) is 0 Å². The van der Waals surface area contributed by atoms with Crippen LogP contribution in [-0.2, 0) is 5.33 Å². The lowest BCUT2D eigenvalue weighted by Gasteiger charge is -2.04. The standard InChI is InChI=1S/C7H8BrFN2/c8-4-5-1-2-6(9)3-7(5)11-10/h1-3,11H,4,10H2. The lowest BCUT2D eigenvalue weighted by molar-refractivity contribution is 0.628. The van der Waals surface area contributed by atoms with Crippen molar-refractivity contribution < 1.29 is 4.39 Å². The van der Waals surface area contributed by atoms with Gasteiger partial charge in [-0.25, -0.2) is 4.39 Å². The minimum Gasteiger partial charge on any atom is -0.324 e. The summed E-state index contributed by atoms with van der Waals surface area (Å²) in [6, 6.07) is 4.44. The maximum atomic E-state index is 12.6. The molecule has 2 nitrogen and oxygen atoms in total. The average Bonchev–Trinajstić information content (AvgIpc) is 2.04. The Morgan fingerprint density at radius 2 is 2.27 bits per heavy atom. The van der Waals surface area contributed by atoms with Crippen LogP contribution in [0.25, 0.3) is 0 Å². The van der Waals surface area contributed by atoms with E-state index in [1.807, 2.05) is 0 Å². The molecule has 0 amide bonds. The van der Waals surface area contributed by atoms with E-state index in [0.717, 1.165) is 5.56 Å². The molecule has 0 aliphatic heterocycles. The van der Waals surface area contributed by atoms with Crippen molar-refractivity contribution in [2.75, 3.05) is 5.43 Å². The third-order valence-electron chi connectivity index (χ3n) is 1.37. The van der Waals surface area contributed by atoms with Crippen LogP contribution in [-0.4, -0.2) is 0 Å². The van der Waals surface area contributed by atoms with Gasteiger partial charge in [0.05, 0.1) is 5.69 Å². The van der Waals surface area contributed by atoms with Crippen LogP contribution in [0.5, 0.6) is 0 Å². The molecular formula is C7H8BrFN2. The number of nitrogens with two attached hydrogens (primary N) is 1. The zero-order chi connectivity index (χ0) is 8.27. The third-order valence-corrected chi connectivity index (χ3v) is 1.98. The fourth-order valence-corrected chi connectivity index (χ4v) is 1.29. The van der Waals surface area contributed by atoms with Crippen molar-refractivity contribution >= 4 is 21.6 Å². The fraction of sp³-hybridized carbons (Fsp3) is 0.143. The number of hydrazine groups is 1. The molecule has 0 saturated heterocycles. The van der Waals surface area contributed by atoms with Crippen molar-refractivity contribution in [2.24, 2.45) is 5.84 Å². The molecule has 1 aromatic carbocycles. The molecule has 4 heteroatoms. The lowest BCUT2D eigenvalue weighted by atomic mass is 10.2. The minimum atomic E-state index is -0.289. The largest absolute Gasteiger partial charge is 0.324 e. The SMILES string of the molecule is NNc1cc(F)ccc1CBr. The van der Waals surface area contributed by atoms with E-state index in [4.69, 9.17) is 5.84 Å². The quantitative estimate of drug-likeness (QED) is 0.453. The van der Waals surface area contributed by atoms with Gasteiger partial charge in [-0.05, 0) is 17.7 Å². The molecule has 60 valence electrons. The van der Waals surface area contributed by atoms with Gasteiger partial charge < -0.3 is 5.43 Å². The van der Waals surface area contributed by atoms with Crippen LogP contribution >= 0.6 is 15.9 Å². The maximum Gasteiger partial charge on any atom is 0.125 e. The zero-order valence-electron chi connectivity index (χ0n) is 5.77. The van der Waals surface area contributed by atoms with Crippen molar-refractivity contribution in [1.82, 2.24) is 0 Å². The van der Waals surface area contributed by atoms with Gasteiger partial charge in [0.2, 0.25) is 0 Å². The van der Waals surface area contributed by atoms with E-state index < -0.39 is 0 Å². The number of benzene rings is 1. The van der Waals surface area contributed by atoms with Gasteiger partial charge in [0, 0.05) is 5.33 Å². The second kappa shape index (κ2) is 3.69. The van der Waals surface area contributed by atoms with E-state index in [9.17, 15) is 4.39 Å². The van der Waals surface area contributed by atoms with Crippen molar-refractivity contribution in [3.8, 4) is 0 Å². The first-order valence-electron chi connectivity index (χ1n) is 3.09. The molecule has 0 aromatic heterocycles. The lowest BCUT2D eigenvalue weighted by Crippen LogP contribution is -2.08. The van der Waals surface area contributed by atoms with Crippen molar-refractivity contribution in [3.05, 3.63) is 29.6 Å². The van der Waals surface area contributed by atoms with Gasteiger partial charge in [0.1, 0.15) is 5.82 Å². The Bertz CT molecular complexity index is 252. The molecule has 0 radical (unpaired) electrons. The van der Waals surface area contributed by atoms with E-state index >= 15 is 0 Å². The van der Waals surface area contributed by atoms with Crippen LogP contribution in [0.4, 0.5) is 10.1 Å². The Morgan fingerprint density at radius 1 is 1.55 bits per heavy atom. The number of nitrogen functional groups attached to an aromatic ring is 1. The molecule has 0 unspecified atom stereocenters. The summed E-state index contributed by atoms with van der Waals surface area (Å²) in [5.41, 5.74) is 3.97. The molecule has 1 rings (SSSR count). The number of hydrogen-bond acceptors (Lipinski definition) is 2. The number of rotatable bonds is 2. The van der Waals surface area contributed by atoms with E-state index in [1.54, 1.807) is 6.07 Å².